The monoisotopic (exact) mass is 222 g/mol. The first-order valence-electron chi connectivity index (χ1n) is 4.75. The number of hydrogen-bond acceptors (Lipinski definition) is 4. The number of esters is 1. The van der Waals surface area contributed by atoms with Gasteiger partial charge >= 0.3 is 5.97 Å². The summed E-state index contributed by atoms with van der Waals surface area (Å²) < 4.78 is 9.88. The molecule has 4 heteroatoms. The smallest absolute Gasteiger partial charge is 0.338 e. The van der Waals surface area contributed by atoms with Crippen molar-refractivity contribution in [3.05, 3.63) is 35.9 Å². The summed E-state index contributed by atoms with van der Waals surface area (Å²) in [6, 6.07) is 2.88. The van der Waals surface area contributed by atoms with Crippen molar-refractivity contribution in [1.29, 1.82) is 0 Å². The number of phenolic OH excluding ortho intramolecular Hbond substituents is 1. The summed E-state index contributed by atoms with van der Waals surface area (Å²) in [6.45, 7) is 5.54. The van der Waals surface area contributed by atoms with Crippen LogP contribution in [0.5, 0.6) is 11.5 Å². The minimum Gasteiger partial charge on any atom is -0.508 e. The van der Waals surface area contributed by atoms with Crippen LogP contribution in [0.3, 0.4) is 0 Å². The molecule has 0 aliphatic rings. The average Bonchev–Trinajstić information content (AvgIpc) is 2.29. The van der Waals surface area contributed by atoms with Crippen LogP contribution in [0, 0.1) is 6.92 Å². The Morgan fingerprint density at radius 1 is 1.56 bits per heavy atom. The first kappa shape index (κ1) is 12.1. The maximum atomic E-state index is 11.3. The molecule has 0 unspecified atom stereocenters. The molecule has 1 aromatic rings. The lowest BCUT2D eigenvalue weighted by atomic mass is 10.1. The van der Waals surface area contributed by atoms with Gasteiger partial charge in [0.05, 0.1) is 12.7 Å². The molecule has 0 aliphatic heterocycles. The number of benzene rings is 1. The molecule has 1 rings (SSSR count). The summed E-state index contributed by atoms with van der Waals surface area (Å²) in [5.74, 6) is -0.0685. The molecule has 16 heavy (non-hydrogen) atoms. The molecule has 0 aromatic heterocycles. The van der Waals surface area contributed by atoms with Crippen molar-refractivity contribution in [1.82, 2.24) is 0 Å². The van der Waals surface area contributed by atoms with Crippen LogP contribution in [-0.4, -0.2) is 24.8 Å². The Morgan fingerprint density at radius 2 is 2.25 bits per heavy atom. The van der Waals surface area contributed by atoms with Gasteiger partial charge in [-0.15, -0.1) is 0 Å². The predicted octanol–water partition coefficient (Wildman–Crippen LogP) is 2.05. The van der Waals surface area contributed by atoms with E-state index in [0.717, 1.165) is 0 Å². The fraction of sp³-hybridized carbons (Fsp3) is 0.250. The summed E-state index contributed by atoms with van der Waals surface area (Å²) in [5, 5.41) is 9.61. The average molecular weight is 222 g/mol. The molecular weight excluding hydrogens is 208 g/mol. The van der Waals surface area contributed by atoms with E-state index in [0.29, 0.717) is 17.9 Å². The lowest BCUT2D eigenvalue weighted by Crippen LogP contribution is -2.03. The van der Waals surface area contributed by atoms with E-state index in [2.05, 4.69) is 11.3 Å². The topological polar surface area (TPSA) is 55.8 Å². The second-order valence-electron chi connectivity index (χ2n) is 3.21. The van der Waals surface area contributed by atoms with Gasteiger partial charge in [0.15, 0.2) is 0 Å². The van der Waals surface area contributed by atoms with Gasteiger partial charge in [-0.3, -0.25) is 0 Å². The number of aromatic hydroxyl groups is 1. The highest BCUT2D eigenvalue weighted by molar-refractivity contribution is 5.90. The van der Waals surface area contributed by atoms with Gasteiger partial charge < -0.3 is 14.6 Å². The minimum absolute atomic E-state index is 0.00182. The zero-order chi connectivity index (χ0) is 12.1. The maximum Gasteiger partial charge on any atom is 0.338 e. The van der Waals surface area contributed by atoms with Gasteiger partial charge in [-0.2, -0.15) is 0 Å². The molecule has 0 heterocycles. The molecule has 0 radical (unpaired) electrons. The Hall–Kier alpha value is -1.97. The lowest BCUT2D eigenvalue weighted by Gasteiger charge is -2.10. The minimum atomic E-state index is -0.515. The van der Waals surface area contributed by atoms with Crippen LogP contribution in [0.25, 0.3) is 0 Å². The molecule has 0 fully saturated rings. The predicted molar refractivity (Wildman–Crippen MR) is 59.9 cm³/mol. The number of methoxy groups -OCH3 is 1. The highest BCUT2D eigenvalue weighted by Gasteiger charge is 2.12. The van der Waals surface area contributed by atoms with Gasteiger partial charge in [0, 0.05) is 5.56 Å². The van der Waals surface area contributed by atoms with Gasteiger partial charge in [0.1, 0.15) is 18.1 Å². The van der Waals surface area contributed by atoms with Crippen molar-refractivity contribution in [3.8, 4) is 11.5 Å². The Morgan fingerprint density at radius 3 is 2.81 bits per heavy atom. The second-order valence-corrected chi connectivity index (χ2v) is 3.21. The van der Waals surface area contributed by atoms with Gasteiger partial charge in [-0.25, -0.2) is 4.79 Å². The molecule has 0 atom stereocenters. The zero-order valence-electron chi connectivity index (χ0n) is 9.32. The number of carbonyl (C=O) groups excluding carboxylic acids is 1. The number of ether oxygens (including phenoxy) is 2. The third kappa shape index (κ3) is 2.53. The van der Waals surface area contributed by atoms with Crippen LogP contribution in [0.2, 0.25) is 0 Å². The number of carbonyl (C=O) groups is 1. The Kier molecular flexibility index (Phi) is 3.94. The van der Waals surface area contributed by atoms with Crippen LogP contribution >= 0.6 is 0 Å². The number of rotatable bonds is 4. The van der Waals surface area contributed by atoms with E-state index in [4.69, 9.17) is 4.74 Å². The molecule has 0 aliphatic carbocycles. The summed E-state index contributed by atoms with van der Waals surface area (Å²) in [7, 11) is 1.28. The Balaban J connectivity index is 3.11. The SMILES string of the molecule is C=CCOc1cc(C(=O)OC)cc(O)c1C. The van der Waals surface area contributed by atoms with Gasteiger partial charge in [-0.1, -0.05) is 12.7 Å². The third-order valence-electron chi connectivity index (χ3n) is 2.11. The number of hydrogen-bond donors (Lipinski definition) is 1. The highest BCUT2D eigenvalue weighted by atomic mass is 16.5. The molecular formula is C12H14O4. The van der Waals surface area contributed by atoms with E-state index in [1.54, 1.807) is 13.0 Å². The molecule has 0 saturated heterocycles. The van der Waals surface area contributed by atoms with E-state index >= 15 is 0 Å². The van der Waals surface area contributed by atoms with Crippen molar-refractivity contribution in [2.45, 2.75) is 6.92 Å². The summed E-state index contributed by atoms with van der Waals surface area (Å²) in [4.78, 5) is 11.3. The fourth-order valence-corrected chi connectivity index (χ4v) is 1.21. The molecule has 0 bridgehead atoms. The molecule has 4 nitrogen and oxygen atoms in total. The quantitative estimate of drug-likeness (QED) is 0.625. The summed E-state index contributed by atoms with van der Waals surface area (Å²) >= 11 is 0. The van der Waals surface area contributed by atoms with Crippen molar-refractivity contribution >= 4 is 5.97 Å². The zero-order valence-corrected chi connectivity index (χ0v) is 9.32. The van der Waals surface area contributed by atoms with E-state index in [1.807, 2.05) is 0 Å². The van der Waals surface area contributed by atoms with E-state index in [9.17, 15) is 9.90 Å². The first-order chi connectivity index (χ1) is 7.60. The highest BCUT2D eigenvalue weighted by Crippen LogP contribution is 2.29. The summed E-state index contributed by atoms with van der Waals surface area (Å²) in [6.07, 6.45) is 1.58. The molecule has 0 spiro atoms. The maximum absolute atomic E-state index is 11.3. The molecule has 0 amide bonds. The van der Waals surface area contributed by atoms with Gasteiger partial charge in [0.2, 0.25) is 0 Å². The first-order valence-corrected chi connectivity index (χ1v) is 4.75. The van der Waals surface area contributed by atoms with E-state index in [1.165, 1.54) is 19.2 Å². The fourth-order valence-electron chi connectivity index (χ4n) is 1.21. The van der Waals surface area contributed by atoms with Crippen molar-refractivity contribution < 1.29 is 19.4 Å². The van der Waals surface area contributed by atoms with Crippen molar-refractivity contribution in [3.63, 3.8) is 0 Å². The van der Waals surface area contributed by atoms with Crippen LogP contribution in [0.4, 0.5) is 0 Å². The van der Waals surface area contributed by atoms with Crippen molar-refractivity contribution in [2.75, 3.05) is 13.7 Å². The van der Waals surface area contributed by atoms with Gasteiger partial charge in [0.25, 0.3) is 0 Å². The molecule has 1 N–H and O–H groups in total. The normalized spacial score (nSPS) is 9.62. The van der Waals surface area contributed by atoms with Crippen molar-refractivity contribution in [2.24, 2.45) is 0 Å². The molecule has 86 valence electrons. The molecule has 1 aromatic carbocycles. The van der Waals surface area contributed by atoms with Gasteiger partial charge in [-0.05, 0) is 19.1 Å². The number of phenols is 1. The van der Waals surface area contributed by atoms with Crippen LogP contribution in [-0.2, 0) is 4.74 Å². The third-order valence-corrected chi connectivity index (χ3v) is 2.11. The Bertz CT molecular complexity index is 410. The van der Waals surface area contributed by atoms with E-state index < -0.39 is 5.97 Å². The standard InChI is InChI=1S/C12H14O4/c1-4-5-16-11-7-9(12(14)15-3)6-10(13)8(11)2/h4,6-7,13H,1,5H2,2-3H3. The van der Waals surface area contributed by atoms with Crippen LogP contribution in [0.15, 0.2) is 24.8 Å². The largest absolute Gasteiger partial charge is 0.508 e. The van der Waals surface area contributed by atoms with Crippen LogP contribution in [0.1, 0.15) is 15.9 Å². The van der Waals surface area contributed by atoms with Crippen LogP contribution < -0.4 is 4.74 Å². The Labute approximate surface area is 94.1 Å². The summed E-state index contributed by atoms with van der Waals surface area (Å²) in [5.41, 5.74) is 0.833. The second kappa shape index (κ2) is 5.21. The van der Waals surface area contributed by atoms with E-state index in [-0.39, 0.29) is 11.3 Å². The molecule has 0 saturated carbocycles. The lowest BCUT2D eigenvalue weighted by molar-refractivity contribution is 0.0599.